The average Bonchev–Trinajstić information content (AvgIpc) is 3.13. The van der Waals surface area contributed by atoms with Gasteiger partial charge < -0.3 is 14.4 Å². The molecule has 4 rings (SSSR count). The average molecular weight is 646 g/mol. The van der Waals surface area contributed by atoms with Gasteiger partial charge in [0, 0.05) is 5.69 Å². The van der Waals surface area contributed by atoms with Crippen LogP contribution in [-0.2, 0) is 25.0 Å². The SMILES string of the molecule is CC1=NN(c2cc(S(=O)(=O)[O-])ccc2S(=O)(=O)[O-])C(=O)C1N=Nc1ccc(Nc2nc(F)nc(F)c2Cl)cc1.[Na+].[Na+]. The van der Waals surface area contributed by atoms with Gasteiger partial charge in [-0.1, -0.05) is 11.6 Å². The third-order valence-electron chi connectivity index (χ3n) is 5.01. The van der Waals surface area contributed by atoms with Crippen molar-refractivity contribution in [1.29, 1.82) is 0 Å². The van der Waals surface area contributed by atoms with Crippen molar-refractivity contribution in [3.63, 3.8) is 0 Å². The minimum atomic E-state index is -5.21. The summed E-state index contributed by atoms with van der Waals surface area (Å²) >= 11 is 5.71. The topological polar surface area (TPSA) is 210 Å². The molecule has 0 aliphatic carbocycles. The van der Waals surface area contributed by atoms with Crippen LogP contribution in [0.4, 0.5) is 31.7 Å². The van der Waals surface area contributed by atoms with Crippen molar-refractivity contribution in [2.75, 3.05) is 10.3 Å². The predicted molar refractivity (Wildman–Crippen MR) is 128 cm³/mol. The Morgan fingerprint density at radius 1 is 1.00 bits per heavy atom. The molecule has 2 aromatic carbocycles. The standard InChI is InChI=1S/C20H14ClF2N7O7S2.2Na/c1-9-16(19(31)30(29-9)13-8-12(38(32,33)34)6-7-14(13)39(35,36)37)28-27-11-4-2-10(3-5-11)24-18-15(21)17(22)25-20(23)26-18;;/h2-8,16H,1H3,(H,24,25,26)(H,32,33,34)(H,35,36,37);;/q;2*+1/p-2. The summed E-state index contributed by atoms with van der Waals surface area (Å²) in [5, 5.41) is 14.2. The summed E-state index contributed by atoms with van der Waals surface area (Å²) in [6, 6.07) is 6.03. The van der Waals surface area contributed by atoms with Gasteiger partial charge in [0.05, 0.1) is 26.9 Å². The zero-order valence-electron chi connectivity index (χ0n) is 21.1. The summed E-state index contributed by atoms with van der Waals surface area (Å²) in [4.78, 5) is 17.3. The largest absolute Gasteiger partial charge is 1.00 e. The number of benzene rings is 2. The fraction of sp³-hybridized carbons (Fsp3) is 0.100. The number of carbonyl (C=O) groups excluding carboxylic acids is 1. The number of amides is 1. The summed E-state index contributed by atoms with van der Waals surface area (Å²) < 4.78 is 96.0. The Bertz CT molecular complexity index is 1780. The summed E-state index contributed by atoms with van der Waals surface area (Å²) in [5.74, 6) is -2.57. The third kappa shape index (κ3) is 8.11. The summed E-state index contributed by atoms with van der Waals surface area (Å²) in [7, 11) is -10.3. The van der Waals surface area contributed by atoms with Crippen molar-refractivity contribution in [2.45, 2.75) is 22.8 Å². The van der Waals surface area contributed by atoms with E-state index in [1.165, 1.54) is 31.2 Å². The van der Waals surface area contributed by atoms with Crippen LogP contribution in [0.2, 0.25) is 5.02 Å². The Morgan fingerprint density at radius 3 is 2.22 bits per heavy atom. The molecule has 0 spiro atoms. The molecule has 0 fully saturated rings. The first kappa shape index (κ1) is 35.2. The zero-order valence-corrected chi connectivity index (χ0v) is 27.5. The van der Waals surface area contributed by atoms with Gasteiger partial charge in [-0.15, -0.1) is 0 Å². The molecule has 1 aliphatic rings. The third-order valence-corrected chi connectivity index (χ3v) is 7.07. The molecule has 0 bridgehead atoms. The number of nitrogens with zero attached hydrogens (tertiary/aromatic N) is 6. The molecule has 1 aromatic heterocycles. The van der Waals surface area contributed by atoms with E-state index in [0.29, 0.717) is 28.9 Å². The number of carbonyl (C=O) groups is 1. The Kier molecular flexibility index (Phi) is 11.6. The molecule has 3 aromatic rings. The molecule has 14 nitrogen and oxygen atoms in total. The van der Waals surface area contributed by atoms with Crippen LogP contribution in [0.1, 0.15) is 6.92 Å². The molecule has 2 heterocycles. The van der Waals surface area contributed by atoms with Gasteiger partial charge in [0.2, 0.25) is 5.95 Å². The number of azo groups is 1. The van der Waals surface area contributed by atoms with Crippen molar-refractivity contribution in [3.8, 4) is 0 Å². The molecular formula is C20H12ClF2N7Na2O7S2. The second-order valence-electron chi connectivity index (χ2n) is 7.67. The number of nitrogens with one attached hydrogen (secondary N) is 1. The van der Waals surface area contributed by atoms with E-state index in [0.717, 1.165) is 0 Å². The van der Waals surface area contributed by atoms with Crippen molar-refractivity contribution >= 4 is 66.3 Å². The van der Waals surface area contributed by atoms with Crippen molar-refractivity contribution < 1.29 is 98.6 Å². The number of hydrogen-bond acceptors (Lipinski definition) is 13. The number of aromatic nitrogens is 2. The Hall–Kier alpha value is -1.97. The second kappa shape index (κ2) is 13.6. The van der Waals surface area contributed by atoms with E-state index in [9.17, 15) is 39.5 Å². The maximum atomic E-state index is 13.5. The van der Waals surface area contributed by atoms with Crippen LogP contribution in [0.25, 0.3) is 0 Å². The normalized spacial score (nSPS) is 15.4. The molecule has 21 heteroatoms. The predicted octanol–water partition coefficient (Wildman–Crippen LogP) is -3.16. The Labute approximate surface area is 280 Å². The molecule has 0 saturated heterocycles. The molecule has 204 valence electrons. The van der Waals surface area contributed by atoms with Crippen LogP contribution in [0, 0.1) is 12.0 Å². The number of hydrogen-bond donors (Lipinski definition) is 1. The van der Waals surface area contributed by atoms with Gasteiger partial charge in [0.15, 0.2) is 11.9 Å². The van der Waals surface area contributed by atoms with Crippen LogP contribution in [0.3, 0.4) is 0 Å². The van der Waals surface area contributed by atoms with Crippen LogP contribution in [0.5, 0.6) is 0 Å². The second-order valence-corrected chi connectivity index (χ2v) is 10.8. The molecule has 0 radical (unpaired) electrons. The van der Waals surface area contributed by atoms with Gasteiger partial charge in [-0.3, -0.25) is 4.79 Å². The molecule has 41 heavy (non-hydrogen) atoms. The number of halogens is 3. The summed E-state index contributed by atoms with van der Waals surface area (Å²) in [6.07, 6.45) is -1.33. The molecule has 1 amide bonds. The fourth-order valence-electron chi connectivity index (χ4n) is 3.24. The van der Waals surface area contributed by atoms with E-state index in [4.69, 9.17) is 11.6 Å². The number of hydrazone groups is 1. The van der Waals surface area contributed by atoms with Gasteiger partial charge in [-0.25, -0.2) is 16.8 Å². The van der Waals surface area contributed by atoms with Gasteiger partial charge >= 0.3 is 65.2 Å². The van der Waals surface area contributed by atoms with Crippen molar-refractivity contribution in [1.82, 2.24) is 9.97 Å². The first-order valence-electron chi connectivity index (χ1n) is 10.3. The van der Waals surface area contributed by atoms with E-state index in [2.05, 4.69) is 30.6 Å². The monoisotopic (exact) mass is 645 g/mol. The fourth-order valence-corrected chi connectivity index (χ4v) is 4.50. The first-order valence-corrected chi connectivity index (χ1v) is 13.5. The van der Waals surface area contributed by atoms with E-state index in [1.807, 2.05) is 0 Å². The van der Waals surface area contributed by atoms with Gasteiger partial charge in [-0.05, 0) is 49.4 Å². The van der Waals surface area contributed by atoms with E-state index in [1.54, 1.807) is 0 Å². The minimum Gasteiger partial charge on any atom is -0.744 e. The maximum absolute atomic E-state index is 13.5. The Morgan fingerprint density at radius 2 is 1.63 bits per heavy atom. The van der Waals surface area contributed by atoms with E-state index >= 15 is 0 Å². The van der Waals surface area contributed by atoms with Crippen LogP contribution in [0.15, 0.2) is 67.6 Å². The Balaban J connectivity index is 0.00000294. The molecule has 1 atom stereocenters. The van der Waals surface area contributed by atoms with Crippen molar-refractivity contribution in [3.05, 3.63) is 59.5 Å². The van der Waals surface area contributed by atoms with Crippen LogP contribution < -0.4 is 69.4 Å². The van der Waals surface area contributed by atoms with E-state index in [-0.39, 0.29) is 76.3 Å². The van der Waals surface area contributed by atoms with Crippen LogP contribution >= 0.6 is 11.6 Å². The maximum Gasteiger partial charge on any atom is 1.00 e. The van der Waals surface area contributed by atoms with E-state index < -0.39 is 64.7 Å². The van der Waals surface area contributed by atoms with Crippen LogP contribution in [-0.4, -0.2) is 53.6 Å². The minimum absolute atomic E-state index is 0. The summed E-state index contributed by atoms with van der Waals surface area (Å²) in [6.45, 7) is 1.35. The molecule has 1 aliphatic heterocycles. The number of rotatable bonds is 7. The quantitative estimate of drug-likeness (QED) is 0.0896. The zero-order chi connectivity index (χ0) is 28.7. The molecular weight excluding hydrogens is 634 g/mol. The smallest absolute Gasteiger partial charge is 0.744 e. The van der Waals surface area contributed by atoms with Crippen molar-refractivity contribution in [2.24, 2.45) is 15.3 Å². The first-order chi connectivity index (χ1) is 18.1. The number of anilines is 3. The molecule has 1 N–H and O–H groups in total. The summed E-state index contributed by atoms with van der Waals surface area (Å²) in [5.41, 5.74) is -0.230. The van der Waals surface area contributed by atoms with Gasteiger partial charge in [0.25, 0.3) is 5.91 Å². The molecule has 0 saturated carbocycles. The van der Waals surface area contributed by atoms with Gasteiger partial charge in [-0.2, -0.15) is 39.1 Å². The molecule has 1 unspecified atom stereocenters. The van der Waals surface area contributed by atoms with Gasteiger partial charge in [0.1, 0.15) is 25.3 Å².